The molecular weight excluding hydrogens is 253 g/mol. The lowest BCUT2D eigenvalue weighted by Gasteiger charge is -2.12. The minimum Gasteiger partial charge on any atom is -0.258 e. The van der Waals surface area contributed by atoms with Crippen LogP contribution < -0.4 is 4.83 Å². The highest BCUT2D eigenvalue weighted by Gasteiger charge is 2.20. The van der Waals surface area contributed by atoms with Gasteiger partial charge in [-0.3, -0.25) is 10.1 Å². The maximum Gasteiger partial charge on any atom is 0.304 e. The molecule has 7 nitrogen and oxygen atoms in total. The van der Waals surface area contributed by atoms with Crippen LogP contribution in [0.3, 0.4) is 0 Å². The van der Waals surface area contributed by atoms with Crippen LogP contribution in [0.2, 0.25) is 0 Å². The second-order valence-electron chi connectivity index (χ2n) is 3.36. The molecule has 1 aromatic carbocycles. The Morgan fingerprint density at radius 1 is 1.41 bits per heavy atom. The number of nitro groups is 1. The molecule has 0 spiro atoms. The predicted molar refractivity (Wildman–Crippen MR) is 57.1 cm³/mol. The molecule has 0 saturated heterocycles. The lowest BCUT2D eigenvalue weighted by molar-refractivity contribution is -0.387. The maximum absolute atomic E-state index is 13.2. The number of hydrogen-bond donors (Lipinski definition) is 1. The van der Waals surface area contributed by atoms with Crippen molar-refractivity contribution in [2.45, 2.75) is 4.90 Å². The van der Waals surface area contributed by atoms with Crippen molar-refractivity contribution < 1.29 is 17.7 Å². The van der Waals surface area contributed by atoms with E-state index in [1.807, 2.05) is 0 Å². The van der Waals surface area contributed by atoms with Crippen molar-refractivity contribution in [2.75, 3.05) is 14.1 Å². The zero-order valence-electron chi connectivity index (χ0n) is 9.05. The van der Waals surface area contributed by atoms with Gasteiger partial charge in [0.1, 0.15) is 0 Å². The van der Waals surface area contributed by atoms with E-state index in [2.05, 4.69) is 4.83 Å². The van der Waals surface area contributed by atoms with Crippen LogP contribution in [0.5, 0.6) is 0 Å². The largest absolute Gasteiger partial charge is 0.304 e. The van der Waals surface area contributed by atoms with Gasteiger partial charge in [0.25, 0.3) is 10.0 Å². The summed E-state index contributed by atoms with van der Waals surface area (Å²) in [6.07, 6.45) is 0. The molecule has 1 N–H and O–H groups in total. The molecule has 0 aromatic heterocycles. The molecular formula is C8H10FN3O4S. The van der Waals surface area contributed by atoms with Gasteiger partial charge in [-0.1, -0.05) is 0 Å². The first-order chi connectivity index (χ1) is 7.74. The molecule has 0 radical (unpaired) electrons. The number of nitrogens with zero attached hydrogens (tertiary/aromatic N) is 2. The molecule has 94 valence electrons. The van der Waals surface area contributed by atoms with Gasteiger partial charge in [-0.05, 0) is 6.07 Å². The van der Waals surface area contributed by atoms with E-state index in [1.54, 1.807) is 0 Å². The first-order valence-corrected chi connectivity index (χ1v) is 5.86. The molecule has 0 aliphatic heterocycles. The third-order valence-electron chi connectivity index (χ3n) is 1.73. The van der Waals surface area contributed by atoms with Gasteiger partial charge in [0.15, 0.2) is 0 Å². The minimum absolute atomic E-state index is 0.380. The second kappa shape index (κ2) is 4.73. The van der Waals surface area contributed by atoms with Gasteiger partial charge < -0.3 is 0 Å². The van der Waals surface area contributed by atoms with Crippen molar-refractivity contribution in [2.24, 2.45) is 0 Å². The summed E-state index contributed by atoms with van der Waals surface area (Å²) in [6, 6.07) is 2.37. The number of rotatable bonds is 4. The van der Waals surface area contributed by atoms with E-state index < -0.39 is 26.5 Å². The van der Waals surface area contributed by atoms with Gasteiger partial charge in [0, 0.05) is 26.2 Å². The predicted octanol–water partition coefficient (Wildman–Crippen LogP) is 0.489. The fourth-order valence-electron chi connectivity index (χ4n) is 1.10. The quantitative estimate of drug-likeness (QED) is 0.630. The number of sulfonamides is 1. The van der Waals surface area contributed by atoms with Crippen LogP contribution in [0, 0.1) is 15.9 Å². The van der Waals surface area contributed by atoms with E-state index in [-0.39, 0.29) is 4.90 Å². The Bertz CT molecular complexity index is 544. The first kappa shape index (κ1) is 13.5. The summed E-state index contributed by atoms with van der Waals surface area (Å²) in [5, 5.41) is 11.5. The molecule has 0 bridgehead atoms. The number of benzene rings is 1. The maximum atomic E-state index is 13.2. The smallest absolute Gasteiger partial charge is 0.258 e. The van der Waals surface area contributed by atoms with E-state index in [4.69, 9.17) is 0 Å². The molecule has 0 fully saturated rings. The summed E-state index contributed by atoms with van der Waals surface area (Å²) >= 11 is 0. The van der Waals surface area contributed by atoms with Crippen LogP contribution in [0.25, 0.3) is 0 Å². The fourth-order valence-corrected chi connectivity index (χ4v) is 2.19. The molecule has 0 heterocycles. The van der Waals surface area contributed by atoms with Crippen molar-refractivity contribution >= 4 is 15.7 Å². The lowest BCUT2D eigenvalue weighted by Crippen LogP contribution is -2.36. The Hall–Kier alpha value is -1.58. The molecule has 0 atom stereocenters. The van der Waals surface area contributed by atoms with Crippen LogP contribution in [-0.4, -0.2) is 32.4 Å². The van der Waals surface area contributed by atoms with E-state index >= 15 is 0 Å². The van der Waals surface area contributed by atoms with Crippen LogP contribution >= 0.6 is 0 Å². The summed E-state index contributed by atoms with van der Waals surface area (Å²) in [7, 11) is -1.02. The Morgan fingerprint density at radius 3 is 2.41 bits per heavy atom. The monoisotopic (exact) mass is 263 g/mol. The summed E-state index contributed by atoms with van der Waals surface area (Å²) in [6.45, 7) is 0. The highest BCUT2D eigenvalue weighted by atomic mass is 32.2. The normalized spacial score (nSPS) is 11.8. The lowest BCUT2D eigenvalue weighted by atomic mass is 10.3. The molecule has 0 saturated carbocycles. The highest BCUT2D eigenvalue weighted by Crippen LogP contribution is 2.20. The van der Waals surface area contributed by atoms with Gasteiger partial charge in [0.2, 0.25) is 5.82 Å². The molecule has 17 heavy (non-hydrogen) atoms. The van der Waals surface area contributed by atoms with E-state index in [0.717, 1.165) is 17.1 Å². The van der Waals surface area contributed by atoms with Gasteiger partial charge in [-0.25, -0.2) is 13.4 Å². The molecule has 0 aliphatic carbocycles. The van der Waals surface area contributed by atoms with Crippen molar-refractivity contribution in [3.63, 3.8) is 0 Å². The molecule has 1 rings (SSSR count). The fraction of sp³-hybridized carbons (Fsp3) is 0.250. The molecule has 0 aliphatic rings. The number of nitro benzene ring substituents is 1. The van der Waals surface area contributed by atoms with Crippen LogP contribution in [-0.2, 0) is 10.0 Å². The Morgan fingerprint density at radius 2 is 2.00 bits per heavy atom. The Labute approximate surface area is 97.0 Å². The average molecular weight is 263 g/mol. The minimum atomic E-state index is -3.91. The van der Waals surface area contributed by atoms with Gasteiger partial charge in [-0.15, -0.1) is 4.83 Å². The van der Waals surface area contributed by atoms with Crippen LogP contribution in [0.4, 0.5) is 10.1 Å². The SMILES string of the molecule is CN(C)NS(=O)(=O)c1ccc([N+](=O)[O-])c(F)c1. The van der Waals surface area contributed by atoms with Crippen molar-refractivity contribution in [1.82, 2.24) is 9.84 Å². The third kappa shape index (κ3) is 3.19. The standard InChI is InChI=1S/C8H10FN3O4S/c1-11(2)10-17(15,16)6-3-4-8(12(13)14)7(9)5-6/h3-5,10H,1-2H3. The van der Waals surface area contributed by atoms with E-state index in [9.17, 15) is 22.9 Å². The molecule has 1 aromatic rings. The zero-order valence-corrected chi connectivity index (χ0v) is 9.86. The second-order valence-corrected chi connectivity index (χ2v) is 5.02. The first-order valence-electron chi connectivity index (χ1n) is 4.38. The van der Waals surface area contributed by atoms with Crippen LogP contribution in [0.1, 0.15) is 0 Å². The number of nitrogens with one attached hydrogen (secondary N) is 1. The summed E-state index contributed by atoms with van der Waals surface area (Å²) < 4.78 is 36.4. The molecule has 0 amide bonds. The average Bonchev–Trinajstić information content (AvgIpc) is 2.14. The molecule has 0 unspecified atom stereocenters. The van der Waals surface area contributed by atoms with E-state index in [0.29, 0.717) is 6.07 Å². The zero-order chi connectivity index (χ0) is 13.2. The summed E-state index contributed by atoms with van der Waals surface area (Å²) in [4.78, 5) is 11.1. The Balaban J connectivity index is 3.18. The topological polar surface area (TPSA) is 92.6 Å². The Kier molecular flexibility index (Phi) is 3.76. The number of hydrogen-bond acceptors (Lipinski definition) is 5. The van der Waals surface area contributed by atoms with Gasteiger partial charge >= 0.3 is 5.69 Å². The summed E-state index contributed by atoms with van der Waals surface area (Å²) in [5.74, 6) is -1.20. The third-order valence-corrected chi connectivity index (χ3v) is 3.21. The van der Waals surface area contributed by atoms with Gasteiger partial charge in [-0.2, -0.15) is 4.39 Å². The van der Waals surface area contributed by atoms with E-state index in [1.165, 1.54) is 14.1 Å². The van der Waals surface area contributed by atoms with Crippen molar-refractivity contribution in [1.29, 1.82) is 0 Å². The van der Waals surface area contributed by atoms with Crippen LogP contribution in [0.15, 0.2) is 23.1 Å². The van der Waals surface area contributed by atoms with Gasteiger partial charge in [0.05, 0.1) is 9.82 Å². The molecule has 9 heteroatoms. The summed E-state index contributed by atoms with van der Waals surface area (Å²) in [5.41, 5.74) is -0.770. The van der Waals surface area contributed by atoms with Crippen molar-refractivity contribution in [3.05, 3.63) is 34.1 Å². The van der Waals surface area contributed by atoms with Crippen molar-refractivity contribution in [3.8, 4) is 0 Å². The highest BCUT2D eigenvalue weighted by molar-refractivity contribution is 7.89. The number of hydrazine groups is 1. The number of halogens is 1.